The molecular weight excluding hydrogens is 286 g/mol. The molecule has 0 amide bonds. The number of rotatable bonds is 5. The third-order valence-electron chi connectivity index (χ3n) is 4.17. The van der Waals surface area contributed by atoms with Crippen LogP contribution >= 0.6 is 11.6 Å². The molecule has 0 aromatic carbocycles. The van der Waals surface area contributed by atoms with Crippen molar-refractivity contribution in [1.82, 2.24) is 4.98 Å². The van der Waals surface area contributed by atoms with E-state index in [1.165, 1.54) is 6.42 Å². The number of nitrogens with zero attached hydrogens (tertiary/aromatic N) is 1. The average molecular weight is 310 g/mol. The van der Waals surface area contributed by atoms with Gasteiger partial charge in [-0.3, -0.25) is 0 Å². The van der Waals surface area contributed by atoms with Crippen molar-refractivity contribution in [1.29, 1.82) is 0 Å². The lowest BCUT2D eigenvalue weighted by molar-refractivity contribution is 0.0139. The second-order valence-electron chi connectivity index (χ2n) is 5.89. The minimum absolute atomic E-state index is 0.0535. The summed E-state index contributed by atoms with van der Waals surface area (Å²) >= 11 is 6.00. The Balaban J connectivity index is 2.02. The van der Waals surface area contributed by atoms with Crippen molar-refractivity contribution in [2.45, 2.75) is 64.9 Å². The van der Waals surface area contributed by atoms with Crippen molar-refractivity contribution in [3.05, 3.63) is 28.5 Å². The average Bonchev–Trinajstić information content (AvgIpc) is 2.47. The van der Waals surface area contributed by atoms with Gasteiger partial charge >= 0.3 is 5.97 Å². The Morgan fingerprint density at radius 1 is 1.38 bits per heavy atom. The van der Waals surface area contributed by atoms with E-state index in [1.54, 1.807) is 12.1 Å². The Morgan fingerprint density at radius 3 is 2.90 bits per heavy atom. The predicted octanol–water partition coefficient (Wildman–Crippen LogP) is 4.81. The smallest absolute Gasteiger partial charge is 0.338 e. The topological polar surface area (TPSA) is 39.2 Å². The first-order valence-corrected chi connectivity index (χ1v) is 8.37. The number of esters is 1. The molecule has 0 aliphatic heterocycles. The second kappa shape index (κ2) is 7.79. The Bertz CT molecular complexity index is 490. The highest BCUT2D eigenvalue weighted by molar-refractivity contribution is 6.29. The highest BCUT2D eigenvalue weighted by Gasteiger charge is 2.24. The summed E-state index contributed by atoms with van der Waals surface area (Å²) in [5.41, 5.74) is 1.38. The normalized spacial score (nSPS) is 22.0. The van der Waals surface area contributed by atoms with Gasteiger partial charge < -0.3 is 4.74 Å². The van der Waals surface area contributed by atoms with Crippen LogP contribution in [0.1, 0.15) is 68.4 Å². The molecule has 116 valence electrons. The maximum Gasteiger partial charge on any atom is 0.338 e. The van der Waals surface area contributed by atoms with Crippen molar-refractivity contribution in [3.8, 4) is 0 Å². The van der Waals surface area contributed by atoms with E-state index in [2.05, 4.69) is 18.8 Å². The Hall–Kier alpha value is -1.09. The third kappa shape index (κ3) is 4.70. The van der Waals surface area contributed by atoms with E-state index in [1.807, 2.05) is 0 Å². The molecule has 1 heterocycles. The van der Waals surface area contributed by atoms with Crippen molar-refractivity contribution in [3.63, 3.8) is 0 Å². The first-order valence-electron chi connectivity index (χ1n) is 7.99. The van der Waals surface area contributed by atoms with Gasteiger partial charge in [0.25, 0.3) is 0 Å². The molecular formula is C17H24ClNO2. The van der Waals surface area contributed by atoms with E-state index >= 15 is 0 Å². The minimum Gasteiger partial charge on any atom is -0.459 e. The number of ether oxygens (including phenoxy) is 1. The summed E-state index contributed by atoms with van der Waals surface area (Å²) in [6.07, 6.45) is 7.38. The molecule has 2 rings (SSSR count). The summed E-state index contributed by atoms with van der Waals surface area (Å²) in [6.45, 7) is 4.28. The number of hydrogen-bond acceptors (Lipinski definition) is 3. The van der Waals surface area contributed by atoms with Crippen LogP contribution in [0.5, 0.6) is 0 Å². The van der Waals surface area contributed by atoms with Gasteiger partial charge in [-0.25, -0.2) is 9.78 Å². The molecule has 21 heavy (non-hydrogen) atoms. The van der Waals surface area contributed by atoms with Gasteiger partial charge in [-0.2, -0.15) is 0 Å². The van der Waals surface area contributed by atoms with E-state index in [9.17, 15) is 4.79 Å². The van der Waals surface area contributed by atoms with Gasteiger partial charge in [-0.05, 0) is 43.7 Å². The highest BCUT2D eigenvalue weighted by atomic mass is 35.5. The summed E-state index contributed by atoms with van der Waals surface area (Å²) in [6, 6.07) is 3.40. The Morgan fingerprint density at radius 2 is 2.19 bits per heavy atom. The summed E-state index contributed by atoms with van der Waals surface area (Å²) < 4.78 is 5.67. The molecule has 2 unspecified atom stereocenters. The van der Waals surface area contributed by atoms with Crippen molar-refractivity contribution in [2.24, 2.45) is 5.92 Å². The van der Waals surface area contributed by atoms with Gasteiger partial charge in [0.2, 0.25) is 0 Å². The molecule has 4 heteroatoms. The number of carbonyl (C=O) groups is 1. The van der Waals surface area contributed by atoms with Gasteiger partial charge in [0.15, 0.2) is 0 Å². The molecule has 0 radical (unpaired) electrons. The molecule has 0 N–H and O–H groups in total. The Labute approximate surface area is 132 Å². The predicted molar refractivity (Wildman–Crippen MR) is 84.7 cm³/mol. The van der Waals surface area contributed by atoms with E-state index in [0.29, 0.717) is 16.6 Å². The zero-order valence-electron chi connectivity index (χ0n) is 12.9. The van der Waals surface area contributed by atoms with Crippen LogP contribution in [0.15, 0.2) is 12.1 Å². The highest BCUT2D eigenvalue weighted by Crippen LogP contribution is 2.29. The Kier molecular flexibility index (Phi) is 6.04. The number of hydrogen-bond donors (Lipinski definition) is 0. The van der Waals surface area contributed by atoms with Gasteiger partial charge in [0.05, 0.1) is 5.56 Å². The van der Waals surface area contributed by atoms with Crippen LogP contribution < -0.4 is 0 Å². The van der Waals surface area contributed by atoms with Crippen LogP contribution in [0.2, 0.25) is 5.15 Å². The zero-order chi connectivity index (χ0) is 15.2. The monoisotopic (exact) mass is 309 g/mol. The zero-order valence-corrected chi connectivity index (χ0v) is 13.7. The van der Waals surface area contributed by atoms with Crippen LogP contribution in [-0.4, -0.2) is 17.1 Å². The van der Waals surface area contributed by atoms with E-state index in [0.717, 1.165) is 44.2 Å². The molecule has 1 aliphatic carbocycles. The van der Waals surface area contributed by atoms with E-state index < -0.39 is 0 Å². The quantitative estimate of drug-likeness (QED) is 0.578. The SMILES string of the molecule is CCCc1cc(C(=O)OC2CCCC(CC)C2)cc(Cl)n1. The summed E-state index contributed by atoms with van der Waals surface area (Å²) in [5.74, 6) is 0.423. The molecule has 0 spiro atoms. The molecule has 1 saturated carbocycles. The fourth-order valence-electron chi connectivity index (χ4n) is 2.99. The first-order chi connectivity index (χ1) is 10.1. The van der Waals surface area contributed by atoms with Gasteiger partial charge in [0, 0.05) is 5.69 Å². The second-order valence-corrected chi connectivity index (χ2v) is 6.28. The molecule has 3 nitrogen and oxygen atoms in total. The molecule has 1 aromatic rings. The largest absolute Gasteiger partial charge is 0.459 e. The summed E-state index contributed by atoms with van der Waals surface area (Å²) in [4.78, 5) is 16.5. The fourth-order valence-corrected chi connectivity index (χ4v) is 3.22. The lowest BCUT2D eigenvalue weighted by Crippen LogP contribution is -2.25. The number of aryl methyl sites for hydroxylation is 1. The third-order valence-corrected chi connectivity index (χ3v) is 4.37. The number of pyridine rings is 1. The van der Waals surface area contributed by atoms with E-state index in [4.69, 9.17) is 16.3 Å². The van der Waals surface area contributed by atoms with Crippen molar-refractivity contribution in [2.75, 3.05) is 0 Å². The number of aromatic nitrogens is 1. The molecule has 1 aliphatic rings. The fraction of sp³-hybridized carbons (Fsp3) is 0.647. The number of carbonyl (C=O) groups excluding carboxylic acids is 1. The molecule has 1 aromatic heterocycles. The molecule has 1 fully saturated rings. The summed E-state index contributed by atoms with van der Waals surface area (Å²) in [5, 5.41) is 0.364. The molecule has 2 atom stereocenters. The van der Waals surface area contributed by atoms with Gasteiger partial charge in [-0.1, -0.05) is 44.7 Å². The van der Waals surface area contributed by atoms with Crippen molar-refractivity contribution >= 4 is 17.6 Å². The van der Waals surface area contributed by atoms with Crippen LogP contribution in [0, 0.1) is 5.92 Å². The molecule has 0 bridgehead atoms. The first kappa shape index (κ1) is 16.3. The van der Waals surface area contributed by atoms with Gasteiger partial charge in [0.1, 0.15) is 11.3 Å². The maximum absolute atomic E-state index is 12.3. The molecule has 0 saturated heterocycles. The van der Waals surface area contributed by atoms with Crippen LogP contribution in [0.3, 0.4) is 0 Å². The van der Waals surface area contributed by atoms with Crippen molar-refractivity contribution < 1.29 is 9.53 Å². The lowest BCUT2D eigenvalue weighted by atomic mass is 9.85. The van der Waals surface area contributed by atoms with E-state index in [-0.39, 0.29) is 12.1 Å². The number of halogens is 1. The van der Waals surface area contributed by atoms with Gasteiger partial charge in [-0.15, -0.1) is 0 Å². The van der Waals surface area contributed by atoms with Crippen LogP contribution in [-0.2, 0) is 11.2 Å². The minimum atomic E-state index is -0.265. The summed E-state index contributed by atoms with van der Waals surface area (Å²) in [7, 11) is 0. The lowest BCUT2D eigenvalue weighted by Gasteiger charge is -2.28. The van der Waals surface area contributed by atoms with Crippen LogP contribution in [0.25, 0.3) is 0 Å². The standard InChI is InChI=1S/C17H24ClNO2/c1-3-6-14-10-13(11-16(18)19-14)17(20)21-15-8-5-7-12(4-2)9-15/h10-12,15H,3-9H2,1-2H3. The van der Waals surface area contributed by atoms with Crippen LogP contribution in [0.4, 0.5) is 0 Å². The maximum atomic E-state index is 12.3.